The molecule has 0 bridgehead atoms. The van der Waals surface area contributed by atoms with Gasteiger partial charge in [-0.15, -0.1) is 0 Å². The number of likely N-dealkylation sites (tertiary alicyclic amines) is 1. The van der Waals surface area contributed by atoms with Crippen LogP contribution in [0.3, 0.4) is 0 Å². The molecule has 0 amide bonds. The van der Waals surface area contributed by atoms with Gasteiger partial charge in [-0.3, -0.25) is 4.98 Å². The molecule has 1 aliphatic rings. The van der Waals surface area contributed by atoms with E-state index in [0.29, 0.717) is 5.92 Å². The number of hydrogen-bond donors (Lipinski definition) is 0. The molecule has 0 spiro atoms. The van der Waals surface area contributed by atoms with E-state index in [2.05, 4.69) is 29.9 Å². The first-order chi connectivity index (χ1) is 7.69. The van der Waals surface area contributed by atoms with Gasteiger partial charge >= 0.3 is 0 Å². The van der Waals surface area contributed by atoms with Gasteiger partial charge in [0.05, 0.1) is 11.5 Å². The summed E-state index contributed by atoms with van der Waals surface area (Å²) in [4.78, 5) is 6.32. The van der Waals surface area contributed by atoms with Crippen molar-refractivity contribution < 1.29 is 0 Å². The highest BCUT2D eigenvalue weighted by molar-refractivity contribution is 5.33. The van der Waals surface area contributed by atoms with Gasteiger partial charge in [0.15, 0.2) is 0 Å². The lowest BCUT2D eigenvalue weighted by Crippen LogP contribution is -2.46. The fraction of sp³-hybridized carbons (Fsp3) is 0.538. The molecule has 1 saturated heterocycles. The van der Waals surface area contributed by atoms with Crippen LogP contribution in [-0.4, -0.2) is 30.0 Å². The summed E-state index contributed by atoms with van der Waals surface area (Å²) in [5.41, 5.74) is 0.792. The molecule has 1 aromatic heterocycles. The summed E-state index contributed by atoms with van der Waals surface area (Å²) in [5, 5.41) is 9.56. The van der Waals surface area contributed by atoms with Crippen LogP contribution in [0.1, 0.15) is 18.9 Å². The second-order valence-corrected chi connectivity index (χ2v) is 4.73. The molecule has 3 heteroatoms. The lowest BCUT2D eigenvalue weighted by Gasteiger charge is -2.41. The fourth-order valence-corrected chi connectivity index (χ4v) is 2.64. The Balaban J connectivity index is 2.37. The summed E-state index contributed by atoms with van der Waals surface area (Å²) < 4.78 is 0. The number of pyridine rings is 1. The molecule has 3 nitrogen and oxygen atoms in total. The SMILES string of the molecule is C[C@@H]1CN(C)CC[C@]1(C#N)c1ccncc1. The first kappa shape index (κ1) is 11.1. The van der Waals surface area contributed by atoms with Crippen molar-refractivity contribution in [2.45, 2.75) is 18.8 Å². The van der Waals surface area contributed by atoms with Gasteiger partial charge in [-0.05, 0) is 43.6 Å². The van der Waals surface area contributed by atoms with E-state index in [1.807, 2.05) is 12.1 Å². The van der Waals surface area contributed by atoms with Crippen LogP contribution in [-0.2, 0) is 5.41 Å². The molecule has 2 atom stereocenters. The van der Waals surface area contributed by atoms with E-state index in [4.69, 9.17) is 0 Å². The van der Waals surface area contributed by atoms with E-state index < -0.39 is 0 Å². The van der Waals surface area contributed by atoms with Gasteiger partial charge in [-0.1, -0.05) is 6.92 Å². The van der Waals surface area contributed by atoms with Crippen molar-refractivity contribution in [1.29, 1.82) is 5.26 Å². The summed E-state index contributed by atoms with van der Waals surface area (Å²) in [6.07, 6.45) is 4.46. The van der Waals surface area contributed by atoms with Crippen LogP contribution < -0.4 is 0 Å². The standard InChI is InChI=1S/C13H17N3/c1-11-9-16(2)8-5-13(11,10-14)12-3-6-15-7-4-12/h3-4,6-7,11H,5,8-9H2,1-2H3/t11-,13-/m1/s1. The minimum Gasteiger partial charge on any atom is -0.306 e. The Morgan fingerprint density at radius 2 is 2.19 bits per heavy atom. The summed E-state index contributed by atoms with van der Waals surface area (Å²) in [6, 6.07) is 6.50. The Bertz CT molecular complexity index is 395. The smallest absolute Gasteiger partial charge is 0.0873 e. The van der Waals surface area contributed by atoms with Crippen LogP contribution >= 0.6 is 0 Å². The van der Waals surface area contributed by atoms with E-state index >= 15 is 0 Å². The van der Waals surface area contributed by atoms with Crippen molar-refractivity contribution in [1.82, 2.24) is 9.88 Å². The maximum atomic E-state index is 9.56. The number of aromatic nitrogens is 1. The predicted molar refractivity (Wildman–Crippen MR) is 62.8 cm³/mol. The predicted octanol–water partition coefficient (Wildman–Crippen LogP) is 1.81. The van der Waals surface area contributed by atoms with E-state index in [1.165, 1.54) is 0 Å². The molecule has 84 valence electrons. The lowest BCUT2D eigenvalue weighted by molar-refractivity contribution is 0.157. The lowest BCUT2D eigenvalue weighted by atomic mass is 9.68. The Labute approximate surface area is 96.7 Å². The van der Waals surface area contributed by atoms with Gasteiger partial charge in [0.25, 0.3) is 0 Å². The van der Waals surface area contributed by atoms with Gasteiger partial charge in [0.2, 0.25) is 0 Å². The number of piperidine rings is 1. The molecule has 16 heavy (non-hydrogen) atoms. The topological polar surface area (TPSA) is 39.9 Å². The molecule has 0 saturated carbocycles. The zero-order chi connectivity index (χ0) is 11.6. The van der Waals surface area contributed by atoms with Crippen LogP contribution in [0.15, 0.2) is 24.5 Å². The Morgan fingerprint density at radius 1 is 1.50 bits per heavy atom. The average Bonchev–Trinajstić information content (AvgIpc) is 2.31. The van der Waals surface area contributed by atoms with Crippen molar-refractivity contribution in [3.63, 3.8) is 0 Å². The van der Waals surface area contributed by atoms with Crippen molar-refractivity contribution in [2.75, 3.05) is 20.1 Å². The van der Waals surface area contributed by atoms with Crippen molar-refractivity contribution in [3.8, 4) is 6.07 Å². The minimum absolute atomic E-state index is 0.324. The maximum absolute atomic E-state index is 9.56. The number of hydrogen-bond acceptors (Lipinski definition) is 3. The van der Waals surface area contributed by atoms with Gasteiger partial charge in [0.1, 0.15) is 0 Å². The van der Waals surface area contributed by atoms with E-state index in [0.717, 1.165) is 25.1 Å². The molecule has 0 radical (unpaired) electrons. The fourth-order valence-electron chi connectivity index (χ4n) is 2.64. The second-order valence-electron chi connectivity index (χ2n) is 4.73. The average molecular weight is 215 g/mol. The Hall–Kier alpha value is -1.40. The van der Waals surface area contributed by atoms with E-state index in [-0.39, 0.29) is 5.41 Å². The molecular weight excluding hydrogens is 198 g/mol. The largest absolute Gasteiger partial charge is 0.306 e. The van der Waals surface area contributed by atoms with Gasteiger partial charge in [-0.25, -0.2) is 0 Å². The highest BCUT2D eigenvalue weighted by Crippen LogP contribution is 2.38. The minimum atomic E-state index is -0.324. The van der Waals surface area contributed by atoms with Crippen LogP contribution in [0.5, 0.6) is 0 Å². The second kappa shape index (κ2) is 4.23. The third kappa shape index (κ3) is 1.70. The summed E-state index contributed by atoms with van der Waals surface area (Å²) in [6.45, 7) is 4.13. The molecule has 0 unspecified atom stereocenters. The quantitative estimate of drug-likeness (QED) is 0.717. The molecule has 2 heterocycles. The monoisotopic (exact) mass is 215 g/mol. The van der Waals surface area contributed by atoms with Crippen molar-refractivity contribution >= 4 is 0 Å². The van der Waals surface area contributed by atoms with Gasteiger partial charge in [-0.2, -0.15) is 5.26 Å². The molecule has 2 rings (SSSR count). The Morgan fingerprint density at radius 3 is 2.75 bits per heavy atom. The summed E-state index contributed by atoms with van der Waals surface area (Å²) >= 11 is 0. The van der Waals surface area contributed by atoms with Crippen LogP contribution in [0.4, 0.5) is 0 Å². The number of nitrogens with zero attached hydrogens (tertiary/aromatic N) is 3. The van der Waals surface area contributed by atoms with Gasteiger partial charge < -0.3 is 4.90 Å². The molecule has 0 aliphatic carbocycles. The molecule has 0 N–H and O–H groups in total. The summed E-state index contributed by atoms with van der Waals surface area (Å²) in [5.74, 6) is 0.360. The normalized spacial score (nSPS) is 30.9. The van der Waals surface area contributed by atoms with Gasteiger partial charge in [0, 0.05) is 18.9 Å². The molecular formula is C13H17N3. The van der Waals surface area contributed by atoms with Crippen LogP contribution in [0.2, 0.25) is 0 Å². The maximum Gasteiger partial charge on any atom is 0.0873 e. The zero-order valence-electron chi connectivity index (χ0n) is 9.85. The Kier molecular flexibility index (Phi) is 2.93. The first-order valence-corrected chi connectivity index (χ1v) is 5.69. The zero-order valence-corrected chi connectivity index (χ0v) is 9.85. The first-order valence-electron chi connectivity index (χ1n) is 5.69. The highest BCUT2D eigenvalue weighted by atomic mass is 15.1. The summed E-state index contributed by atoms with van der Waals surface area (Å²) in [7, 11) is 2.12. The van der Waals surface area contributed by atoms with Crippen molar-refractivity contribution in [3.05, 3.63) is 30.1 Å². The molecule has 1 fully saturated rings. The number of rotatable bonds is 1. The number of nitriles is 1. The third-order valence-corrected chi connectivity index (χ3v) is 3.71. The van der Waals surface area contributed by atoms with Crippen LogP contribution in [0, 0.1) is 17.2 Å². The highest BCUT2D eigenvalue weighted by Gasteiger charge is 2.41. The van der Waals surface area contributed by atoms with Crippen LogP contribution in [0.25, 0.3) is 0 Å². The van der Waals surface area contributed by atoms with E-state index in [9.17, 15) is 5.26 Å². The van der Waals surface area contributed by atoms with E-state index in [1.54, 1.807) is 12.4 Å². The van der Waals surface area contributed by atoms with Crippen molar-refractivity contribution in [2.24, 2.45) is 5.92 Å². The molecule has 0 aromatic carbocycles. The molecule has 1 aliphatic heterocycles. The molecule has 1 aromatic rings. The third-order valence-electron chi connectivity index (χ3n) is 3.71.